The van der Waals surface area contributed by atoms with Gasteiger partial charge < -0.3 is 5.32 Å². The molecule has 1 aromatic carbocycles. The van der Waals surface area contributed by atoms with E-state index in [-0.39, 0.29) is 11.9 Å². The number of benzene rings is 1. The van der Waals surface area contributed by atoms with Crippen LogP contribution in [0.2, 0.25) is 5.02 Å². The van der Waals surface area contributed by atoms with Crippen molar-refractivity contribution in [2.75, 3.05) is 0 Å². The minimum absolute atomic E-state index is 0.0658. The van der Waals surface area contributed by atoms with Gasteiger partial charge in [0.25, 0.3) is 0 Å². The molecule has 0 saturated carbocycles. The molecule has 0 aliphatic rings. The van der Waals surface area contributed by atoms with Crippen LogP contribution in [-0.2, 0) is 4.79 Å². The molecule has 0 saturated heterocycles. The Morgan fingerprint density at radius 1 is 1.37 bits per heavy atom. The third-order valence-corrected chi connectivity index (χ3v) is 3.29. The molecule has 0 aliphatic carbocycles. The van der Waals surface area contributed by atoms with Crippen molar-refractivity contribution in [3.05, 3.63) is 40.9 Å². The summed E-state index contributed by atoms with van der Waals surface area (Å²) >= 11 is 6.01. The van der Waals surface area contributed by atoms with Crippen molar-refractivity contribution in [1.82, 2.24) is 5.32 Å². The summed E-state index contributed by atoms with van der Waals surface area (Å²) in [5, 5.41) is 3.61. The van der Waals surface area contributed by atoms with Crippen LogP contribution in [0.15, 0.2) is 30.3 Å². The lowest BCUT2D eigenvalue weighted by Crippen LogP contribution is -2.30. The molecule has 2 nitrogen and oxygen atoms in total. The second kappa shape index (κ2) is 8.76. The third kappa shape index (κ3) is 6.44. The van der Waals surface area contributed by atoms with Crippen LogP contribution in [0.1, 0.15) is 45.1 Å². The highest BCUT2D eigenvalue weighted by Gasteiger charge is 2.04. The van der Waals surface area contributed by atoms with Crippen LogP contribution in [0.4, 0.5) is 0 Å². The van der Waals surface area contributed by atoms with Crippen molar-refractivity contribution < 1.29 is 4.79 Å². The van der Waals surface area contributed by atoms with E-state index >= 15 is 0 Å². The van der Waals surface area contributed by atoms with Gasteiger partial charge >= 0.3 is 0 Å². The van der Waals surface area contributed by atoms with E-state index in [0.717, 1.165) is 18.4 Å². The Kier molecular flexibility index (Phi) is 7.27. The quantitative estimate of drug-likeness (QED) is 0.580. The van der Waals surface area contributed by atoms with E-state index in [2.05, 4.69) is 12.2 Å². The second-order valence-corrected chi connectivity index (χ2v) is 5.17. The lowest BCUT2D eigenvalue weighted by molar-refractivity contribution is -0.117. The number of carbonyl (C=O) groups is 1. The SMILES string of the molecule is CCCCCC(C)NC(=O)C=Cc1ccccc1Cl. The van der Waals surface area contributed by atoms with Gasteiger partial charge in [-0.1, -0.05) is 56.0 Å². The van der Waals surface area contributed by atoms with Gasteiger partial charge in [0.2, 0.25) is 5.91 Å². The van der Waals surface area contributed by atoms with Crippen molar-refractivity contribution in [3.8, 4) is 0 Å². The van der Waals surface area contributed by atoms with Gasteiger partial charge in [-0.15, -0.1) is 0 Å². The summed E-state index contributed by atoms with van der Waals surface area (Å²) in [6.45, 7) is 4.21. The Morgan fingerprint density at radius 3 is 2.79 bits per heavy atom. The second-order valence-electron chi connectivity index (χ2n) is 4.76. The Balaban J connectivity index is 2.40. The first-order chi connectivity index (χ1) is 9.13. The first kappa shape index (κ1) is 15.8. The Hall–Kier alpha value is -1.28. The van der Waals surface area contributed by atoms with E-state index in [1.165, 1.54) is 18.9 Å². The van der Waals surface area contributed by atoms with Gasteiger partial charge in [-0.3, -0.25) is 4.79 Å². The fraction of sp³-hybridized carbons (Fsp3) is 0.438. The molecule has 0 radical (unpaired) electrons. The fourth-order valence-corrected chi connectivity index (χ4v) is 2.04. The van der Waals surface area contributed by atoms with Crippen LogP contribution in [0.5, 0.6) is 0 Å². The van der Waals surface area contributed by atoms with E-state index < -0.39 is 0 Å². The molecule has 0 heterocycles. The summed E-state index contributed by atoms with van der Waals surface area (Å²) in [6.07, 6.45) is 7.89. The number of unbranched alkanes of at least 4 members (excludes halogenated alkanes) is 2. The number of amides is 1. The van der Waals surface area contributed by atoms with Crippen LogP contribution < -0.4 is 5.32 Å². The van der Waals surface area contributed by atoms with Crippen LogP contribution in [0, 0.1) is 0 Å². The molecule has 0 fully saturated rings. The smallest absolute Gasteiger partial charge is 0.244 e. The van der Waals surface area contributed by atoms with Crippen molar-refractivity contribution in [3.63, 3.8) is 0 Å². The zero-order valence-corrected chi connectivity index (χ0v) is 12.4. The maximum absolute atomic E-state index is 11.7. The number of nitrogens with one attached hydrogen (secondary N) is 1. The summed E-state index contributed by atoms with van der Waals surface area (Å²) in [7, 11) is 0. The van der Waals surface area contributed by atoms with E-state index in [0.29, 0.717) is 5.02 Å². The number of halogens is 1. The molecule has 1 aromatic rings. The highest BCUT2D eigenvalue weighted by molar-refractivity contribution is 6.32. The lowest BCUT2D eigenvalue weighted by Gasteiger charge is -2.11. The molecule has 0 aliphatic heterocycles. The van der Waals surface area contributed by atoms with Crippen molar-refractivity contribution in [2.24, 2.45) is 0 Å². The number of hydrogen-bond acceptors (Lipinski definition) is 1. The van der Waals surface area contributed by atoms with Crippen LogP contribution in [-0.4, -0.2) is 11.9 Å². The molecule has 1 unspecified atom stereocenters. The molecule has 0 bridgehead atoms. The third-order valence-electron chi connectivity index (χ3n) is 2.95. The van der Waals surface area contributed by atoms with Gasteiger partial charge in [0.05, 0.1) is 0 Å². The highest BCUT2D eigenvalue weighted by Crippen LogP contribution is 2.16. The van der Waals surface area contributed by atoms with Gasteiger partial charge in [-0.2, -0.15) is 0 Å². The molecule has 1 rings (SSSR count). The molecule has 1 atom stereocenters. The highest BCUT2D eigenvalue weighted by atomic mass is 35.5. The number of rotatable bonds is 7. The summed E-state index contributed by atoms with van der Waals surface area (Å²) in [4.78, 5) is 11.7. The van der Waals surface area contributed by atoms with Crippen LogP contribution in [0.3, 0.4) is 0 Å². The average Bonchev–Trinajstić information content (AvgIpc) is 2.38. The monoisotopic (exact) mass is 279 g/mol. The van der Waals surface area contributed by atoms with Crippen LogP contribution >= 0.6 is 11.6 Å². The summed E-state index contributed by atoms with van der Waals surface area (Å²) < 4.78 is 0. The zero-order valence-electron chi connectivity index (χ0n) is 11.7. The minimum atomic E-state index is -0.0658. The summed E-state index contributed by atoms with van der Waals surface area (Å²) in [5.74, 6) is -0.0658. The molecule has 19 heavy (non-hydrogen) atoms. The molecular formula is C16H22ClNO. The fourth-order valence-electron chi connectivity index (χ4n) is 1.84. The van der Waals surface area contributed by atoms with Gasteiger partial charge in [-0.05, 0) is 31.1 Å². The largest absolute Gasteiger partial charge is 0.350 e. The Morgan fingerprint density at radius 2 is 2.11 bits per heavy atom. The summed E-state index contributed by atoms with van der Waals surface area (Å²) in [5.41, 5.74) is 0.859. The normalized spacial score (nSPS) is 12.6. The predicted molar refractivity (Wildman–Crippen MR) is 82.2 cm³/mol. The van der Waals surface area contributed by atoms with E-state index in [9.17, 15) is 4.79 Å². The molecule has 3 heteroatoms. The molecule has 1 N–H and O–H groups in total. The topological polar surface area (TPSA) is 29.1 Å². The van der Waals surface area contributed by atoms with Crippen molar-refractivity contribution in [2.45, 2.75) is 45.6 Å². The predicted octanol–water partition coefficient (Wildman–Crippen LogP) is 4.44. The standard InChI is InChI=1S/C16H22ClNO/c1-3-4-5-8-13(2)18-16(19)12-11-14-9-6-7-10-15(14)17/h6-7,9-13H,3-5,8H2,1-2H3,(H,18,19). The molecule has 104 valence electrons. The first-order valence-electron chi connectivity index (χ1n) is 6.86. The molecular weight excluding hydrogens is 258 g/mol. The Labute approximate surface area is 120 Å². The van der Waals surface area contributed by atoms with E-state index in [1.54, 1.807) is 6.08 Å². The molecule has 0 aromatic heterocycles. The Bertz CT molecular complexity index is 429. The van der Waals surface area contributed by atoms with Gasteiger partial charge in [0.15, 0.2) is 0 Å². The zero-order chi connectivity index (χ0) is 14.1. The van der Waals surface area contributed by atoms with Gasteiger partial charge in [0, 0.05) is 17.1 Å². The van der Waals surface area contributed by atoms with Gasteiger partial charge in [0.1, 0.15) is 0 Å². The average molecular weight is 280 g/mol. The van der Waals surface area contributed by atoms with Crippen molar-refractivity contribution in [1.29, 1.82) is 0 Å². The maximum atomic E-state index is 11.7. The minimum Gasteiger partial charge on any atom is -0.350 e. The maximum Gasteiger partial charge on any atom is 0.244 e. The molecule has 1 amide bonds. The lowest BCUT2D eigenvalue weighted by atomic mass is 10.1. The van der Waals surface area contributed by atoms with Crippen LogP contribution in [0.25, 0.3) is 6.08 Å². The van der Waals surface area contributed by atoms with Gasteiger partial charge in [-0.25, -0.2) is 0 Å². The summed E-state index contributed by atoms with van der Waals surface area (Å²) in [6, 6.07) is 7.69. The molecule has 0 spiro atoms. The van der Waals surface area contributed by atoms with Crippen molar-refractivity contribution >= 4 is 23.6 Å². The first-order valence-corrected chi connectivity index (χ1v) is 7.24. The van der Waals surface area contributed by atoms with E-state index in [1.807, 2.05) is 31.2 Å². The number of carbonyl (C=O) groups excluding carboxylic acids is 1. The van der Waals surface area contributed by atoms with E-state index in [4.69, 9.17) is 11.6 Å². The number of hydrogen-bond donors (Lipinski definition) is 1.